The van der Waals surface area contributed by atoms with Crippen LogP contribution in [0.15, 0.2) is 12.1 Å². The van der Waals surface area contributed by atoms with Gasteiger partial charge in [-0.05, 0) is 56.9 Å². The molecular weight excluding hydrogens is 258 g/mol. The number of hydrogen-bond acceptors (Lipinski definition) is 3. The van der Waals surface area contributed by atoms with Crippen molar-refractivity contribution in [2.75, 3.05) is 19.6 Å². The zero-order valence-electron chi connectivity index (χ0n) is 13.1. The summed E-state index contributed by atoms with van der Waals surface area (Å²) in [6, 6.07) is 10.3. The molecule has 1 aliphatic carbocycles. The van der Waals surface area contributed by atoms with Crippen LogP contribution in [0.1, 0.15) is 49.7 Å². The van der Waals surface area contributed by atoms with Crippen LogP contribution in [0, 0.1) is 18.1 Å². The summed E-state index contributed by atoms with van der Waals surface area (Å²) in [6.45, 7) is 4.78. The van der Waals surface area contributed by atoms with E-state index in [1.807, 2.05) is 6.07 Å². The topological polar surface area (TPSA) is 50.1 Å². The lowest BCUT2D eigenvalue weighted by molar-refractivity contribution is 0.342. The van der Waals surface area contributed by atoms with E-state index < -0.39 is 0 Å². The van der Waals surface area contributed by atoms with Crippen molar-refractivity contribution in [2.24, 2.45) is 11.7 Å². The van der Waals surface area contributed by atoms with Crippen LogP contribution in [0.2, 0.25) is 0 Å². The van der Waals surface area contributed by atoms with E-state index in [-0.39, 0.29) is 0 Å². The second-order valence-electron chi connectivity index (χ2n) is 6.08. The summed E-state index contributed by atoms with van der Waals surface area (Å²) in [4.78, 5) is 0. The molecule has 2 rings (SSSR count). The largest absolute Gasteiger partial charge is 0.326 e. The molecular formula is C18H29N3. The molecule has 0 heterocycles. The number of nitrogens with one attached hydrogen (secondary N) is 2. The molecule has 0 spiro atoms. The average Bonchev–Trinajstić information content (AvgIpc) is 2.55. The number of rotatable bonds is 9. The van der Waals surface area contributed by atoms with E-state index in [1.54, 1.807) is 0 Å². The van der Waals surface area contributed by atoms with E-state index in [4.69, 9.17) is 5.73 Å². The number of hydrogen-bond donors (Lipinski definition) is 3. The van der Waals surface area contributed by atoms with E-state index in [1.165, 1.54) is 45.1 Å². The molecule has 1 aromatic carbocycles. The van der Waals surface area contributed by atoms with Crippen LogP contribution in [0.3, 0.4) is 0 Å². The summed E-state index contributed by atoms with van der Waals surface area (Å²) in [5, 5.41) is 7.06. The summed E-state index contributed by atoms with van der Waals surface area (Å²) >= 11 is 0. The van der Waals surface area contributed by atoms with Crippen LogP contribution in [0.4, 0.5) is 0 Å². The molecule has 0 amide bonds. The first-order valence-corrected chi connectivity index (χ1v) is 8.41. The molecule has 0 unspecified atom stereocenters. The third-order valence-electron chi connectivity index (χ3n) is 4.27. The average molecular weight is 287 g/mol. The summed E-state index contributed by atoms with van der Waals surface area (Å²) in [5.41, 5.74) is 7.72. The Bertz CT molecular complexity index is 369. The first kappa shape index (κ1) is 16.3. The van der Waals surface area contributed by atoms with Crippen molar-refractivity contribution in [1.29, 1.82) is 0 Å². The highest BCUT2D eigenvalue weighted by atomic mass is 14.9. The molecule has 0 aliphatic heterocycles. The minimum Gasteiger partial charge on any atom is -0.326 e. The highest BCUT2D eigenvalue weighted by Gasteiger charge is 2.11. The lowest BCUT2D eigenvalue weighted by Crippen LogP contribution is -2.27. The highest BCUT2D eigenvalue weighted by molar-refractivity contribution is 5.15. The van der Waals surface area contributed by atoms with Gasteiger partial charge in [0, 0.05) is 24.2 Å². The first-order chi connectivity index (χ1) is 10.4. The molecule has 3 nitrogen and oxygen atoms in total. The van der Waals surface area contributed by atoms with E-state index in [0.717, 1.165) is 36.7 Å². The first-order valence-electron chi connectivity index (χ1n) is 8.41. The van der Waals surface area contributed by atoms with Crippen LogP contribution >= 0.6 is 0 Å². The van der Waals surface area contributed by atoms with Gasteiger partial charge in [-0.15, -0.1) is 0 Å². The summed E-state index contributed by atoms with van der Waals surface area (Å²) in [6.07, 6.45) is 8.35. The van der Waals surface area contributed by atoms with Crippen molar-refractivity contribution in [2.45, 2.75) is 51.6 Å². The molecule has 4 N–H and O–H groups in total. The normalized spacial score (nSPS) is 15.9. The van der Waals surface area contributed by atoms with Crippen molar-refractivity contribution in [3.05, 3.63) is 35.4 Å². The maximum Gasteiger partial charge on any atom is 0.0285 e. The third kappa shape index (κ3) is 6.48. The van der Waals surface area contributed by atoms with Gasteiger partial charge in [-0.1, -0.05) is 31.4 Å². The maximum atomic E-state index is 5.55. The number of nitrogens with two attached hydrogens (primary N) is 1. The maximum absolute atomic E-state index is 5.55. The third-order valence-corrected chi connectivity index (χ3v) is 4.27. The van der Waals surface area contributed by atoms with Gasteiger partial charge in [0.15, 0.2) is 0 Å². The Hall–Kier alpha value is -1.08. The fraction of sp³-hybridized carbons (Fsp3) is 0.667. The Kier molecular flexibility index (Phi) is 7.59. The quantitative estimate of drug-likeness (QED) is 0.611. The van der Waals surface area contributed by atoms with E-state index in [2.05, 4.69) is 28.8 Å². The zero-order chi connectivity index (χ0) is 14.8. The van der Waals surface area contributed by atoms with Gasteiger partial charge in [0.25, 0.3) is 0 Å². The van der Waals surface area contributed by atoms with Gasteiger partial charge in [-0.25, -0.2) is 0 Å². The van der Waals surface area contributed by atoms with Crippen molar-refractivity contribution in [3.8, 4) is 0 Å². The molecule has 1 saturated carbocycles. The SMILES string of the molecule is NCc1c#cc(CNCCCNCC2CCCCC2)cc1. The lowest BCUT2D eigenvalue weighted by atomic mass is 9.89. The van der Waals surface area contributed by atoms with E-state index in [9.17, 15) is 0 Å². The fourth-order valence-electron chi connectivity index (χ4n) is 2.93. The van der Waals surface area contributed by atoms with E-state index >= 15 is 0 Å². The van der Waals surface area contributed by atoms with Gasteiger partial charge in [0.1, 0.15) is 0 Å². The van der Waals surface area contributed by atoms with Crippen LogP contribution in [-0.4, -0.2) is 19.6 Å². The van der Waals surface area contributed by atoms with Crippen LogP contribution in [0.5, 0.6) is 0 Å². The second kappa shape index (κ2) is 9.78. The summed E-state index contributed by atoms with van der Waals surface area (Å²) in [7, 11) is 0. The van der Waals surface area contributed by atoms with Crippen LogP contribution in [0.25, 0.3) is 0 Å². The van der Waals surface area contributed by atoms with Gasteiger partial charge in [-0.2, -0.15) is 0 Å². The van der Waals surface area contributed by atoms with Crippen molar-refractivity contribution < 1.29 is 0 Å². The molecule has 0 saturated heterocycles. The molecule has 1 aliphatic rings. The van der Waals surface area contributed by atoms with Gasteiger partial charge in [0.2, 0.25) is 0 Å². The van der Waals surface area contributed by atoms with Gasteiger partial charge in [-0.3, -0.25) is 0 Å². The summed E-state index contributed by atoms with van der Waals surface area (Å²) < 4.78 is 0. The highest BCUT2D eigenvalue weighted by Crippen LogP contribution is 2.22. The van der Waals surface area contributed by atoms with Gasteiger partial charge in [0.05, 0.1) is 0 Å². The fourth-order valence-corrected chi connectivity index (χ4v) is 2.93. The van der Waals surface area contributed by atoms with Gasteiger partial charge >= 0.3 is 0 Å². The Labute approximate surface area is 129 Å². The Morgan fingerprint density at radius 3 is 2.43 bits per heavy atom. The minimum atomic E-state index is 0.539. The molecule has 0 bridgehead atoms. The predicted molar refractivity (Wildman–Crippen MR) is 87.8 cm³/mol. The summed E-state index contributed by atoms with van der Waals surface area (Å²) in [5.74, 6) is 0.929. The lowest BCUT2D eigenvalue weighted by Gasteiger charge is -2.21. The Balaban J connectivity index is 1.46. The van der Waals surface area contributed by atoms with E-state index in [0.29, 0.717) is 6.54 Å². The monoisotopic (exact) mass is 287 g/mol. The molecule has 0 aromatic heterocycles. The Morgan fingerprint density at radius 1 is 1.00 bits per heavy atom. The smallest absolute Gasteiger partial charge is 0.0285 e. The molecule has 116 valence electrons. The molecule has 1 aromatic rings. The van der Waals surface area contributed by atoms with Crippen molar-refractivity contribution >= 4 is 0 Å². The standard InChI is InChI=1S/C18H29N3/c19-13-16-7-9-18(10-8-16)15-21-12-4-11-20-14-17-5-2-1-3-6-17/h7,9,17,20-21H,1-6,11-15,19H2. The molecule has 21 heavy (non-hydrogen) atoms. The molecule has 1 fully saturated rings. The second-order valence-corrected chi connectivity index (χ2v) is 6.08. The van der Waals surface area contributed by atoms with Crippen molar-refractivity contribution in [1.82, 2.24) is 10.6 Å². The molecule has 0 radical (unpaired) electrons. The predicted octanol–water partition coefficient (Wildman–Crippen LogP) is 2.40. The minimum absolute atomic E-state index is 0.539. The van der Waals surface area contributed by atoms with Crippen LogP contribution in [-0.2, 0) is 13.1 Å². The Morgan fingerprint density at radius 2 is 1.71 bits per heavy atom. The van der Waals surface area contributed by atoms with Gasteiger partial charge < -0.3 is 16.4 Å². The zero-order valence-corrected chi connectivity index (χ0v) is 13.1. The van der Waals surface area contributed by atoms with Crippen molar-refractivity contribution in [3.63, 3.8) is 0 Å². The van der Waals surface area contributed by atoms with Crippen LogP contribution < -0.4 is 16.4 Å². The molecule has 3 heteroatoms. The molecule has 0 atom stereocenters.